The third-order valence-electron chi connectivity index (χ3n) is 7.65. The molecule has 5 heteroatoms. The topological polar surface area (TPSA) is 78.4 Å². The molecule has 0 bridgehead atoms. The van der Waals surface area contributed by atoms with Crippen LogP contribution in [0.1, 0.15) is 73.1 Å². The second-order valence-electron chi connectivity index (χ2n) is 10.1. The van der Waals surface area contributed by atoms with Crippen molar-refractivity contribution in [2.45, 2.75) is 91.3 Å². The highest BCUT2D eigenvalue weighted by molar-refractivity contribution is 5.81. The van der Waals surface area contributed by atoms with Crippen LogP contribution < -0.4 is 10.6 Å². The van der Waals surface area contributed by atoms with Crippen molar-refractivity contribution in [1.29, 1.82) is 0 Å². The Morgan fingerprint density at radius 1 is 1.07 bits per heavy atom. The number of carbonyl (C=O) groups excluding carboxylic acids is 2. The van der Waals surface area contributed by atoms with Crippen molar-refractivity contribution in [3.63, 3.8) is 0 Å². The molecule has 0 spiro atoms. The van der Waals surface area contributed by atoms with E-state index in [9.17, 15) is 14.7 Å². The summed E-state index contributed by atoms with van der Waals surface area (Å²) in [6, 6.07) is 0.256. The molecule has 154 valence electrons. The molecule has 3 fully saturated rings. The number of amides is 2. The van der Waals surface area contributed by atoms with Gasteiger partial charge >= 0.3 is 0 Å². The Morgan fingerprint density at radius 3 is 2.30 bits per heavy atom. The van der Waals surface area contributed by atoms with Crippen LogP contribution in [-0.2, 0) is 9.59 Å². The fourth-order valence-corrected chi connectivity index (χ4v) is 5.75. The van der Waals surface area contributed by atoms with Crippen molar-refractivity contribution in [2.24, 2.45) is 35.0 Å². The lowest BCUT2D eigenvalue weighted by Crippen LogP contribution is -2.58. The predicted molar refractivity (Wildman–Crippen MR) is 106 cm³/mol. The molecule has 0 heterocycles. The standard InChI is InChI=1S/C22H38N2O3/c1-12(2)23-20(26)13(3)16-8-10-22(5)11-9-17(14(4)18(22)19(16)25)24-21(27)15-6-7-15/h12-19,25H,6-11H2,1-5H3,(H,23,26)(H,24,27)/t13-,14+,16-,17-,18+,19-,22-/m0/s1. The summed E-state index contributed by atoms with van der Waals surface area (Å²) in [6.07, 6.45) is 5.51. The Balaban J connectivity index is 1.72. The molecule has 0 aromatic carbocycles. The molecule has 3 saturated carbocycles. The van der Waals surface area contributed by atoms with Gasteiger partial charge in [-0.2, -0.15) is 0 Å². The lowest BCUT2D eigenvalue weighted by atomic mass is 9.51. The van der Waals surface area contributed by atoms with Crippen molar-refractivity contribution in [3.8, 4) is 0 Å². The van der Waals surface area contributed by atoms with E-state index in [0.717, 1.165) is 38.5 Å². The van der Waals surface area contributed by atoms with Gasteiger partial charge in [0.1, 0.15) is 0 Å². The average Bonchev–Trinajstić information content (AvgIpc) is 3.41. The molecule has 7 atom stereocenters. The molecule has 3 aliphatic carbocycles. The van der Waals surface area contributed by atoms with Crippen LogP contribution in [0.25, 0.3) is 0 Å². The molecule has 0 saturated heterocycles. The van der Waals surface area contributed by atoms with Crippen LogP contribution >= 0.6 is 0 Å². The normalized spacial score (nSPS) is 40.2. The lowest BCUT2D eigenvalue weighted by molar-refractivity contribution is -0.144. The fourth-order valence-electron chi connectivity index (χ4n) is 5.75. The van der Waals surface area contributed by atoms with E-state index < -0.39 is 6.10 Å². The number of fused-ring (bicyclic) bond motifs is 1. The van der Waals surface area contributed by atoms with Crippen molar-refractivity contribution in [2.75, 3.05) is 0 Å². The zero-order valence-electron chi connectivity index (χ0n) is 17.6. The molecule has 5 nitrogen and oxygen atoms in total. The van der Waals surface area contributed by atoms with Crippen LogP contribution in [0.2, 0.25) is 0 Å². The van der Waals surface area contributed by atoms with Crippen LogP contribution in [0.5, 0.6) is 0 Å². The maximum absolute atomic E-state index is 12.5. The number of aliphatic hydroxyl groups excluding tert-OH is 1. The number of nitrogens with one attached hydrogen (secondary N) is 2. The maximum Gasteiger partial charge on any atom is 0.223 e. The van der Waals surface area contributed by atoms with Crippen molar-refractivity contribution in [1.82, 2.24) is 10.6 Å². The van der Waals surface area contributed by atoms with Gasteiger partial charge in [0.05, 0.1) is 6.10 Å². The number of rotatable bonds is 5. The second kappa shape index (κ2) is 7.73. The van der Waals surface area contributed by atoms with Crippen molar-refractivity contribution in [3.05, 3.63) is 0 Å². The molecule has 3 rings (SSSR count). The molecular formula is C22H38N2O3. The summed E-state index contributed by atoms with van der Waals surface area (Å²) in [5.41, 5.74) is 0.102. The first-order valence-electron chi connectivity index (χ1n) is 10.9. The van der Waals surface area contributed by atoms with Gasteiger partial charge in [-0.05, 0) is 75.5 Å². The number of hydrogen-bond acceptors (Lipinski definition) is 3. The monoisotopic (exact) mass is 378 g/mol. The van der Waals surface area contributed by atoms with Gasteiger partial charge in [-0.1, -0.05) is 20.8 Å². The minimum Gasteiger partial charge on any atom is -0.392 e. The molecule has 0 radical (unpaired) electrons. The molecule has 3 aliphatic rings. The zero-order valence-corrected chi connectivity index (χ0v) is 17.6. The van der Waals surface area contributed by atoms with Crippen LogP contribution in [0.15, 0.2) is 0 Å². The molecule has 2 amide bonds. The largest absolute Gasteiger partial charge is 0.392 e. The van der Waals surface area contributed by atoms with Crippen LogP contribution in [0.3, 0.4) is 0 Å². The minimum absolute atomic E-state index is 0.0119. The van der Waals surface area contributed by atoms with Gasteiger partial charge in [0.25, 0.3) is 0 Å². The summed E-state index contributed by atoms with van der Waals surface area (Å²) in [6.45, 7) is 10.4. The van der Waals surface area contributed by atoms with Gasteiger partial charge in [-0.25, -0.2) is 0 Å². The van der Waals surface area contributed by atoms with Gasteiger partial charge in [0, 0.05) is 23.9 Å². The van der Waals surface area contributed by atoms with E-state index in [-0.39, 0.29) is 58.9 Å². The highest BCUT2D eigenvalue weighted by atomic mass is 16.3. The molecular weight excluding hydrogens is 340 g/mol. The molecule has 0 aliphatic heterocycles. The van der Waals surface area contributed by atoms with E-state index in [1.54, 1.807) is 0 Å². The van der Waals surface area contributed by atoms with E-state index in [4.69, 9.17) is 0 Å². The summed E-state index contributed by atoms with van der Waals surface area (Å²) < 4.78 is 0. The molecule has 3 N–H and O–H groups in total. The summed E-state index contributed by atoms with van der Waals surface area (Å²) in [4.78, 5) is 24.8. The van der Waals surface area contributed by atoms with Crippen LogP contribution in [0, 0.1) is 35.0 Å². The van der Waals surface area contributed by atoms with Gasteiger partial charge in [0.15, 0.2) is 0 Å². The lowest BCUT2D eigenvalue weighted by Gasteiger charge is -2.56. The van der Waals surface area contributed by atoms with Gasteiger partial charge in [0.2, 0.25) is 11.8 Å². The van der Waals surface area contributed by atoms with E-state index in [1.807, 2.05) is 20.8 Å². The summed E-state index contributed by atoms with van der Waals surface area (Å²) in [5, 5.41) is 17.6. The molecule has 27 heavy (non-hydrogen) atoms. The zero-order chi connectivity index (χ0) is 19.9. The summed E-state index contributed by atoms with van der Waals surface area (Å²) >= 11 is 0. The van der Waals surface area contributed by atoms with Crippen LogP contribution in [-0.4, -0.2) is 35.1 Å². The Hall–Kier alpha value is -1.10. The Kier molecular flexibility index (Phi) is 5.90. The van der Waals surface area contributed by atoms with E-state index >= 15 is 0 Å². The number of carbonyl (C=O) groups is 2. The fraction of sp³-hybridized carbons (Fsp3) is 0.909. The number of aliphatic hydroxyl groups is 1. The first-order chi connectivity index (χ1) is 12.6. The van der Waals surface area contributed by atoms with Crippen LogP contribution in [0.4, 0.5) is 0 Å². The maximum atomic E-state index is 12.5. The van der Waals surface area contributed by atoms with Gasteiger partial charge in [-0.15, -0.1) is 0 Å². The average molecular weight is 379 g/mol. The van der Waals surface area contributed by atoms with Gasteiger partial charge in [-0.3, -0.25) is 9.59 Å². The third kappa shape index (κ3) is 4.18. The molecule has 0 unspecified atom stereocenters. The molecule has 0 aromatic rings. The van der Waals surface area contributed by atoms with E-state index in [0.29, 0.717) is 0 Å². The minimum atomic E-state index is -0.493. The quantitative estimate of drug-likeness (QED) is 0.688. The Bertz CT molecular complexity index is 574. The number of hydrogen-bond donors (Lipinski definition) is 3. The van der Waals surface area contributed by atoms with Crippen molar-refractivity contribution >= 4 is 11.8 Å². The highest BCUT2D eigenvalue weighted by Crippen LogP contribution is 2.55. The van der Waals surface area contributed by atoms with Crippen molar-refractivity contribution < 1.29 is 14.7 Å². The Morgan fingerprint density at radius 2 is 1.70 bits per heavy atom. The summed E-state index contributed by atoms with van der Waals surface area (Å²) in [7, 11) is 0. The third-order valence-corrected chi connectivity index (χ3v) is 7.65. The first kappa shape index (κ1) is 20.6. The SMILES string of the molecule is CC(C)NC(=O)[C@@H](C)[C@@H]1CC[C@@]2(C)CC[C@H](NC(=O)C3CC3)[C@@H](C)[C@@H]2[C@H]1O. The smallest absolute Gasteiger partial charge is 0.223 e. The molecule has 0 aromatic heterocycles. The van der Waals surface area contributed by atoms with E-state index in [1.165, 1.54) is 0 Å². The van der Waals surface area contributed by atoms with Gasteiger partial charge < -0.3 is 15.7 Å². The first-order valence-corrected chi connectivity index (χ1v) is 10.9. The second-order valence-corrected chi connectivity index (χ2v) is 10.1. The van der Waals surface area contributed by atoms with E-state index in [2.05, 4.69) is 24.5 Å². The predicted octanol–water partition coefficient (Wildman–Crippen LogP) is 2.87. The Labute approximate surface area is 164 Å². The highest BCUT2D eigenvalue weighted by Gasteiger charge is 2.54. The summed E-state index contributed by atoms with van der Waals surface area (Å²) in [5.74, 6) is 0.604.